The van der Waals surface area contributed by atoms with Crippen LogP contribution in [0, 0.1) is 12.8 Å². The Morgan fingerprint density at radius 1 is 1.07 bits per heavy atom. The van der Waals surface area contributed by atoms with E-state index in [1.54, 1.807) is 0 Å². The number of hydrogen-bond donors (Lipinski definition) is 0. The molecule has 0 aliphatic heterocycles. The van der Waals surface area contributed by atoms with E-state index < -0.39 is 0 Å². The van der Waals surface area contributed by atoms with Crippen LogP contribution >= 0.6 is 0 Å². The molecule has 1 rings (SSSR count). The Balaban J connectivity index is 2.77. The van der Waals surface area contributed by atoms with Crippen LogP contribution in [0.2, 0.25) is 0 Å². The molecule has 0 radical (unpaired) electrons. The van der Waals surface area contributed by atoms with Gasteiger partial charge in [-0.05, 0) is 72.9 Å². The molecular weight excluding hydrogens is 324 g/mol. The van der Waals surface area contributed by atoms with Gasteiger partial charge in [-0.2, -0.15) is 0 Å². The lowest BCUT2D eigenvalue weighted by Gasteiger charge is -2.16. The van der Waals surface area contributed by atoms with Crippen LogP contribution in [0.15, 0.2) is 55.2 Å². The first-order chi connectivity index (χ1) is 12.9. The summed E-state index contributed by atoms with van der Waals surface area (Å²) in [5.74, 6) is 0.899. The third-order valence-corrected chi connectivity index (χ3v) is 5.60. The summed E-state index contributed by atoms with van der Waals surface area (Å²) >= 11 is 0. The van der Waals surface area contributed by atoms with Gasteiger partial charge in [-0.25, -0.2) is 0 Å². The first kappa shape index (κ1) is 23.2. The van der Waals surface area contributed by atoms with Gasteiger partial charge in [-0.3, -0.25) is 0 Å². The third kappa shape index (κ3) is 7.75. The van der Waals surface area contributed by atoms with Crippen LogP contribution in [-0.2, 0) is 0 Å². The van der Waals surface area contributed by atoms with Gasteiger partial charge in [0.05, 0.1) is 0 Å². The van der Waals surface area contributed by atoms with Crippen LogP contribution in [0.1, 0.15) is 89.3 Å². The van der Waals surface area contributed by atoms with Gasteiger partial charge in [0, 0.05) is 0 Å². The zero-order chi connectivity index (χ0) is 20.2. The second-order valence-electron chi connectivity index (χ2n) is 7.87. The normalized spacial score (nSPS) is 12.5. The summed E-state index contributed by atoms with van der Waals surface area (Å²) in [6.45, 7) is 19.3. The monoisotopic (exact) mass is 364 g/mol. The Labute approximate surface area is 168 Å². The highest BCUT2D eigenvalue weighted by Crippen LogP contribution is 2.28. The molecule has 1 aromatic rings. The van der Waals surface area contributed by atoms with Crippen molar-refractivity contribution >= 4 is 11.1 Å². The summed E-state index contributed by atoms with van der Waals surface area (Å²) in [6, 6.07) is 6.81. The topological polar surface area (TPSA) is 0 Å². The first-order valence-corrected chi connectivity index (χ1v) is 10.7. The number of aryl methyl sites for hydroxylation is 1. The number of benzene rings is 1. The summed E-state index contributed by atoms with van der Waals surface area (Å²) in [4.78, 5) is 0. The predicted octanol–water partition coefficient (Wildman–Crippen LogP) is 8.93. The minimum absolute atomic E-state index is 0.899. The second kappa shape index (κ2) is 12.5. The van der Waals surface area contributed by atoms with Crippen LogP contribution < -0.4 is 0 Å². The molecule has 0 saturated carbocycles. The fourth-order valence-corrected chi connectivity index (χ4v) is 3.85. The average Bonchev–Trinajstić information content (AvgIpc) is 2.65. The van der Waals surface area contributed by atoms with E-state index in [0.717, 1.165) is 12.3 Å². The van der Waals surface area contributed by atoms with Gasteiger partial charge in [0.1, 0.15) is 0 Å². The molecule has 0 atom stereocenters. The third-order valence-electron chi connectivity index (χ3n) is 5.60. The molecule has 0 heteroatoms. The van der Waals surface area contributed by atoms with E-state index >= 15 is 0 Å². The Hall–Kier alpha value is -1.82. The molecule has 27 heavy (non-hydrogen) atoms. The average molecular weight is 365 g/mol. The lowest BCUT2D eigenvalue weighted by atomic mass is 9.89. The van der Waals surface area contributed by atoms with Gasteiger partial charge in [0.25, 0.3) is 0 Å². The molecule has 0 aromatic heterocycles. The maximum absolute atomic E-state index is 4.39. The number of rotatable bonds is 12. The van der Waals surface area contributed by atoms with Crippen molar-refractivity contribution in [3.8, 4) is 0 Å². The molecule has 0 bridgehead atoms. The molecule has 0 heterocycles. The first-order valence-electron chi connectivity index (χ1n) is 10.7. The van der Waals surface area contributed by atoms with E-state index in [2.05, 4.69) is 72.1 Å². The zero-order valence-electron chi connectivity index (χ0n) is 18.4. The van der Waals surface area contributed by atoms with Crippen molar-refractivity contribution in [3.63, 3.8) is 0 Å². The van der Waals surface area contributed by atoms with Crippen molar-refractivity contribution in [1.29, 1.82) is 0 Å². The lowest BCUT2D eigenvalue weighted by molar-refractivity contribution is 0.402. The van der Waals surface area contributed by atoms with Gasteiger partial charge in [-0.1, -0.05) is 95.5 Å². The Kier molecular flexibility index (Phi) is 10.8. The van der Waals surface area contributed by atoms with Crippen molar-refractivity contribution in [3.05, 3.63) is 71.8 Å². The highest BCUT2D eigenvalue weighted by Gasteiger charge is 2.09. The van der Waals surface area contributed by atoms with Gasteiger partial charge < -0.3 is 0 Å². The van der Waals surface area contributed by atoms with E-state index in [-0.39, 0.29) is 0 Å². The molecule has 0 fully saturated rings. The molecule has 1 aromatic carbocycles. The molecule has 0 unspecified atom stereocenters. The van der Waals surface area contributed by atoms with E-state index in [0.29, 0.717) is 0 Å². The maximum atomic E-state index is 4.39. The Morgan fingerprint density at radius 2 is 1.74 bits per heavy atom. The molecule has 0 spiro atoms. The van der Waals surface area contributed by atoms with Gasteiger partial charge >= 0.3 is 0 Å². The van der Waals surface area contributed by atoms with Crippen LogP contribution in [0.5, 0.6) is 0 Å². The van der Waals surface area contributed by atoms with Crippen LogP contribution in [0.25, 0.3) is 11.1 Å². The van der Waals surface area contributed by atoms with Crippen molar-refractivity contribution in [1.82, 2.24) is 0 Å². The highest BCUT2D eigenvalue weighted by atomic mass is 14.1. The number of hydrogen-bond acceptors (Lipinski definition) is 0. The lowest BCUT2D eigenvalue weighted by Crippen LogP contribution is -2.00. The molecule has 0 aliphatic carbocycles. The molecule has 0 aliphatic rings. The molecule has 148 valence electrons. The van der Waals surface area contributed by atoms with Gasteiger partial charge in [-0.15, -0.1) is 0 Å². The van der Waals surface area contributed by atoms with Crippen LogP contribution in [0.4, 0.5) is 0 Å². The second-order valence-corrected chi connectivity index (χ2v) is 7.87. The summed E-state index contributed by atoms with van der Waals surface area (Å²) < 4.78 is 0. The Bertz CT molecular complexity index is 663. The van der Waals surface area contributed by atoms with Crippen molar-refractivity contribution in [2.24, 2.45) is 5.92 Å². The molecular formula is C27H40. The van der Waals surface area contributed by atoms with Gasteiger partial charge in [0.15, 0.2) is 0 Å². The molecule has 0 amide bonds. The quantitative estimate of drug-likeness (QED) is 0.325. The van der Waals surface area contributed by atoms with Crippen molar-refractivity contribution in [2.75, 3.05) is 0 Å². The van der Waals surface area contributed by atoms with E-state index in [4.69, 9.17) is 0 Å². The van der Waals surface area contributed by atoms with Crippen LogP contribution in [-0.4, -0.2) is 0 Å². The van der Waals surface area contributed by atoms with Crippen molar-refractivity contribution < 1.29 is 0 Å². The fraction of sp³-hybridized carbons (Fsp3) is 0.481. The smallest absolute Gasteiger partial charge is 0.0201 e. The summed E-state index contributed by atoms with van der Waals surface area (Å²) in [5, 5.41) is 0. The fourth-order valence-electron chi connectivity index (χ4n) is 3.85. The standard InChI is InChI=1S/C27H40/c1-8-11-15-21(4)24(7)26-18-19-27(23(6)20-26)22(5)16-12-17-25(13-9-2)14-10-3/h8,11,15,18-20,25H,1,5,9-10,12-14,16-17H2,2-4,6-7H3/b15-11-,24-21+. The molecule has 0 nitrogen and oxygen atoms in total. The van der Waals surface area contributed by atoms with Gasteiger partial charge in [0.2, 0.25) is 0 Å². The maximum Gasteiger partial charge on any atom is -0.0201 e. The Morgan fingerprint density at radius 3 is 2.30 bits per heavy atom. The SMILES string of the molecule is C=C/C=C\C(C)=C(/C)c1ccc(C(=C)CCCC(CCC)CCC)c(C)c1. The van der Waals surface area contributed by atoms with E-state index in [9.17, 15) is 0 Å². The molecule has 0 N–H and O–H groups in total. The van der Waals surface area contributed by atoms with Crippen molar-refractivity contribution in [2.45, 2.75) is 79.6 Å². The minimum Gasteiger partial charge on any atom is -0.0991 e. The highest BCUT2D eigenvalue weighted by molar-refractivity contribution is 5.73. The minimum atomic E-state index is 0.899. The zero-order valence-corrected chi connectivity index (χ0v) is 18.4. The molecule has 0 saturated heterocycles. The van der Waals surface area contributed by atoms with Crippen LogP contribution in [0.3, 0.4) is 0 Å². The summed E-state index contributed by atoms with van der Waals surface area (Å²) in [7, 11) is 0. The van der Waals surface area contributed by atoms with E-state index in [1.165, 1.54) is 71.9 Å². The number of allylic oxidation sites excluding steroid dienone is 6. The van der Waals surface area contributed by atoms with E-state index in [1.807, 2.05) is 12.2 Å². The summed E-state index contributed by atoms with van der Waals surface area (Å²) in [6.07, 6.45) is 15.0. The summed E-state index contributed by atoms with van der Waals surface area (Å²) in [5.41, 5.74) is 7.83. The largest absolute Gasteiger partial charge is 0.0991 e. The predicted molar refractivity (Wildman–Crippen MR) is 125 cm³/mol.